The number of carbonyl (C=O) groups excluding carboxylic acids is 1. The SMILES string of the molecule is Cc1cc2c(n1-c1ccc(CO)cc1)CCCC2=O. The lowest BCUT2D eigenvalue weighted by atomic mass is 9.96. The Morgan fingerprint density at radius 1 is 1.21 bits per heavy atom. The molecular weight excluding hydrogens is 238 g/mol. The third kappa shape index (κ3) is 2.00. The van der Waals surface area contributed by atoms with Gasteiger partial charge in [-0.1, -0.05) is 12.1 Å². The number of fused-ring (bicyclic) bond motifs is 1. The molecule has 0 saturated heterocycles. The Morgan fingerprint density at radius 3 is 2.63 bits per heavy atom. The summed E-state index contributed by atoms with van der Waals surface area (Å²) in [6, 6.07) is 9.84. The van der Waals surface area contributed by atoms with E-state index in [9.17, 15) is 4.79 Å². The third-order valence-corrected chi connectivity index (χ3v) is 3.78. The highest BCUT2D eigenvalue weighted by Gasteiger charge is 2.22. The molecule has 0 atom stereocenters. The molecule has 0 fully saturated rings. The number of ketones is 1. The topological polar surface area (TPSA) is 42.2 Å². The van der Waals surface area contributed by atoms with Gasteiger partial charge in [-0.3, -0.25) is 4.79 Å². The van der Waals surface area contributed by atoms with Crippen molar-refractivity contribution in [3.05, 3.63) is 52.8 Å². The van der Waals surface area contributed by atoms with Crippen molar-refractivity contribution in [2.24, 2.45) is 0 Å². The van der Waals surface area contributed by atoms with Gasteiger partial charge in [0.15, 0.2) is 5.78 Å². The molecule has 1 N–H and O–H groups in total. The molecule has 19 heavy (non-hydrogen) atoms. The van der Waals surface area contributed by atoms with Crippen LogP contribution < -0.4 is 0 Å². The van der Waals surface area contributed by atoms with E-state index in [0.717, 1.165) is 41.0 Å². The number of aliphatic hydroxyl groups is 1. The minimum atomic E-state index is 0.0571. The maximum absolute atomic E-state index is 11.9. The van der Waals surface area contributed by atoms with Crippen LogP contribution in [-0.4, -0.2) is 15.5 Å². The Hall–Kier alpha value is -1.87. The normalized spacial score (nSPS) is 14.5. The first kappa shape index (κ1) is 12.2. The molecule has 2 aromatic rings. The molecular formula is C16H17NO2. The van der Waals surface area contributed by atoms with Gasteiger partial charge in [-0.05, 0) is 43.5 Å². The van der Waals surface area contributed by atoms with Crippen LogP contribution >= 0.6 is 0 Å². The highest BCUT2D eigenvalue weighted by Crippen LogP contribution is 2.28. The van der Waals surface area contributed by atoms with Crippen LogP contribution in [-0.2, 0) is 13.0 Å². The lowest BCUT2D eigenvalue weighted by molar-refractivity contribution is 0.0972. The molecule has 1 aliphatic carbocycles. The standard InChI is InChI=1S/C16H17NO2/c1-11-9-14-15(3-2-4-16(14)19)17(11)13-7-5-12(10-18)6-8-13/h5-9,18H,2-4,10H2,1H3. The fraction of sp³-hybridized carbons (Fsp3) is 0.312. The summed E-state index contributed by atoms with van der Waals surface area (Å²) in [5.74, 6) is 0.259. The maximum atomic E-state index is 11.9. The zero-order chi connectivity index (χ0) is 13.4. The molecule has 0 saturated carbocycles. The minimum absolute atomic E-state index is 0.0571. The number of nitrogens with zero attached hydrogens (tertiary/aromatic N) is 1. The predicted molar refractivity (Wildman–Crippen MR) is 73.7 cm³/mol. The minimum Gasteiger partial charge on any atom is -0.392 e. The molecule has 0 unspecified atom stereocenters. The average molecular weight is 255 g/mol. The Labute approximate surface area is 112 Å². The molecule has 1 aromatic heterocycles. The number of hydrogen-bond acceptors (Lipinski definition) is 2. The Bertz CT molecular complexity index is 623. The largest absolute Gasteiger partial charge is 0.392 e. The van der Waals surface area contributed by atoms with E-state index < -0.39 is 0 Å². The van der Waals surface area contributed by atoms with Crippen LogP contribution in [0.15, 0.2) is 30.3 Å². The molecule has 1 aliphatic rings. The fourth-order valence-electron chi connectivity index (χ4n) is 2.84. The summed E-state index contributed by atoms with van der Waals surface area (Å²) in [7, 11) is 0. The van der Waals surface area contributed by atoms with Crippen molar-refractivity contribution >= 4 is 5.78 Å². The quantitative estimate of drug-likeness (QED) is 0.896. The van der Waals surface area contributed by atoms with Gasteiger partial charge in [0.25, 0.3) is 0 Å². The van der Waals surface area contributed by atoms with E-state index in [0.29, 0.717) is 6.42 Å². The Balaban J connectivity index is 2.11. The van der Waals surface area contributed by atoms with E-state index in [1.54, 1.807) is 0 Å². The smallest absolute Gasteiger partial charge is 0.164 e. The van der Waals surface area contributed by atoms with Gasteiger partial charge in [-0.2, -0.15) is 0 Å². The average Bonchev–Trinajstić information content (AvgIpc) is 2.77. The molecule has 1 heterocycles. The summed E-state index contributed by atoms with van der Waals surface area (Å²) < 4.78 is 2.16. The van der Waals surface area contributed by atoms with E-state index in [1.165, 1.54) is 0 Å². The number of aliphatic hydroxyl groups excluding tert-OH is 1. The number of Topliss-reactive ketones (excluding diaryl/α,β-unsaturated/α-hetero) is 1. The molecule has 3 rings (SSSR count). The maximum Gasteiger partial charge on any atom is 0.164 e. The Kier molecular flexibility index (Phi) is 2.99. The summed E-state index contributed by atoms with van der Waals surface area (Å²) in [4.78, 5) is 11.9. The van der Waals surface area contributed by atoms with Gasteiger partial charge < -0.3 is 9.67 Å². The van der Waals surface area contributed by atoms with Gasteiger partial charge in [-0.25, -0.2) is 0 Å². The second-order valence-electron chi connectivity index (χ2n) is 5.08. The molecule has 3 heteroatoms. The van der Waals surface area contributed by atoms with Crippen molar-refractivity contribution in [3.63, 3.8) is 0 Å². The number of rotatable bonds is 2. The molecule has 0 bridgehead atoms. The van der Waals surface area contributed by atoms with E-state index in [-0.39, 0.29) is 12.4 Å². The van der Waals surface area contributed by atoms with Crippen molar-refractivity contribution in [1.82, 2.24) is 4.57 Å². The van der Waals surface area contributed by atoms with Crippen molar-refractivity contribution in [2.75, 3.05) is 0 Å². The molecule has 0 aliphatic heterocycles. The van der Waals surface area contributed by atoms with E-state index >= 15 is 0 Å². The summed E-state index contributed by atoms with van der Waals surface area (Å²) >= 11 is 0. The highest BCUT2D eigenvalue weighted by atomic mass is 16.3. The zero-order valence-electron chi connectivity index (χ0n) is 11.0. The van der Waals surface area contributed by atoms with Gasteiger partial charge in [0.05, 0.1) is 6.61 Å². The first-order chi connectivity index (χ1) is 9.20. The van der Waals surface area contributed by atoms with E-state index in [1.807, 2.05) is 37.3 Å². The van der Waals surface area contributed by atoms with Crippen LogP contribution in [0.4, 0.5) is 0 Å². The lowest BCUT2D eigenvalue weighted by Crippen LogP contribution is -2.12. The number of hydrogen-bond donors (Lipinski definition) is 1. The summed E-state index contributed by atoms with van der Waals surface area (Å²) in [6.07, 6.45) is 2.56. The van der Waals surface area contributed by atoms with Crippen molar-refractivity contribution in [2.45, 2.75) is 32.8 Å². The molecule has 3 nitrogen and oxygen atoms in total. The first-order valence-corrected chi connectivity index (χ1v) is 6.65. The van der Waals surface area contributed by atoms with Crippen LogP contribution in [0.3, 0.4) is 0 Å². The van der Waals surface area contributed by atoms with Crippen LogP contribution in [0.25, 0.3) is 5.69 Å². The molecule has 1 aromatic carbocycles. The van der Waals surface area contributed by atoms with E-state index in [4.69, 9.17) is 5.11 Å². The summed E-state index contributed by atoms with van der Waals surface area (Å²) in [5, 5.41) is 9.09. The van der Waals surface area contributed by atoms with Gasteiger partial charge in [0.1, 0.15) is 0 Å². The van der Waals surface area contributed by atoms with Gasteiger partial charge in [-0.15, -0.1) is 0 Å². The second-order valence-corrected chi connectivity index (χ2v) is 5.08. The van der Waals surface area contributed by atoms with Crippen molar-refractivity contribution in [1.29, 1.82) is 0 Å². The van der Waals surface area contributed by atoms with Crippen molar-refractivity contribution < 1.29 is 9.90 Å². The first-order valence-electron chi connectivity index (χ1n) is 6.65. The summed E-state index contributed by atoms with van der Waals surface area (Å²) in [6.45, 7) is 2.09. The number of aromatic nitrogens is 1. The number of benzene rings is 1. The predicted octanol–water partition coefficient (Wildman–Crippen LogP) is 2.80. The van der Waals surface area contributed by atoms with Crippen molar-refractivity contribution in [3.8, 4) is 5.69 Å². The lowest BCUT2D eigenvalue weighted by Gasteiger charge is -2.16. The highest BCUT2D eigenvalue weighted by molar-refractivity contribution is 5.98. The molecule has 0 spiro atoms. The van der Waals surface area contributed by atoms with Crippen LogP contribution in [0.1, 0.15) is 40.2 Å². The van der Waals surface area contributed by atoms with Crippen LogP contribution in [0.5, 0.6) is 0 Å². The molecule has 0 amide bonds. The number of aryl methyl sites for hydroxylation is 1. The second kappa shape index (κ2) is 4.67. The van der Waals surface area contributed by atoms with Gasteiger partial charge >= 0.3 is 0 Å². The van der Waals surface area contributed by atoms with Crippen LogP contribution in [0, 0.1) is 6.92 Å². The third-order valence-electron chi connectivity index (χ3n) is 3.78. The van der Waals surface area contributed by atoms with E-state index in [2.05, 4.69) is 4.57 Å². The fourth-order valence-corrected chi connectivity index (χ4v) is 2.84. The molecule has 0 radical (unpaired) electrons. The number of carbonyl (C=O) groups is 1. The van der Waals surface area contributed by atoms with Gasteiger partial charge in [0.2, 0.25) is 0 Å². The molecule has 98 valence electrons. The Morgan fingerprint density at radius 2 is 1.95 bits per heavy atom. The van der Waals surface area contributed by atoms with Gasteiger partial charge in [0, 0.05) is 29.1 Å². The van der Waals surface area contributed by atoms with Crippen LogP contribution in [0.2, 0.25) is 0 Å². The zero-order valence-corrected chi connectivity index (χ0v) is 11.0. The monoisotopic (exact) mass is 255 g/mol. The summed E-state index contributed by atoms with van der Waals surface area (Å²) in [5.41, 5.74) is 5.07.